The van der Waals surface area contributed by atoms with Crippen molar-refractivity contribution >= 4 is 0 Å². The van der Waals surface area contributed by atoms with Crippen molar-refractivity contribution in [3.63, 3.8) is 0 Å². The Morgan fingerprint density at radius 2 is 2.26 bits per heavy atom. The smallest absolute Gasteiger partial charge is 0.105 e. The van der Waals surface area contributed by atoms with Gasteiger partial charge in [0.25, 0.3) is 0 Å². The van der Waals surface area contributed by atoms with E-state index < -0.39 is 5.54 Å². The van der Waals surface area contributed by atoms with Gasteiger partial charge in [0, 0.05) is 30.9 Å². The second-order valence-corrected chi connectivity index (χ2v) is 5.30. The predicted molar refractivity (Wildman–Crippen MR) is 77.7 cm³/mol. The van der Waals surface area contributed by atoms with Gasteiger partial charge in [-0.2, -0.15) is 5.26 Å². The maximum atomic E-state index is 9.18. The predicted octanol–water partition coefficient (Wildman–Crippen LogP) is 1.84. The van der Waals surface area contributed by atoms with Gasteiger partial charge in [-0.25, -0.2) is 0 Å². The van der Waals surface area contributed by atoms with E-state index in [-0.39, 0.29) is 0 Å². The van der Waals surface area contributed by atoms with Crippen molar-refractivity contribution in [2.75, 3.05) is 20.6 Å². The van der Waals surface area contributed by atoms with Crippen LogP contribution in [-0.2, 0) is 6.42 Å². The first-order valence-electron chi connectivity index (χ1n) is 6.71. The molecule has 0 fully saturated rings. The minimum atomic E-state index is -0.460. The molecular formula is C15H24N4. The monoisotopic (exact) mass is 260 g/mol. The maximum absolute atomic E-state index is 9.18. The molecule has 1 N–H and O–H groups in total. The number of nitrogens with zero attached hydrogens (tertiary/aromatic N) is 3. The van der Waals surface area contributed by atoms with Crippen molar-refractivity contribution in [2.45, 2.75) is 38.3 Å². The number of hydrogen-bond acceptors (Lipinski definition) is 4. The van der Waals surface area contributed by atoms with Gasteiger partial charge in [-0.1, -0.05) is 6.07 Å². The average molecular weight is 260 g/mol. The van der Waals surface area contributed by atoms with Crippen molar-refractivity contribution < 1.29 is 0 Å². The van der Waals surface area contributed by atoms with Crippen molar-refractivity contribution in [3.8, 4) is 6.07 Å². The van der Waals surface area contributed by atoms with E-state index in [1.807, 2.05) is 38.4 Å². The molecule has 19 heavy (non-hydrogen) atoms. The lowest BCUT2D eigenvalue weighted by molar-refractivity contribution is 0.218. The summed E-state index contributed by atoms with van der Waals surface area (Å²) in [5.41, 5.74) is 0.650. The van der Waals surface area contributed by atoms with Gasteiger partial charge in [0.15, 0.2) is 0 Å². The van der Waals surface area contributed by atoms with Gasteiger partial charge >= 0.3 is 0 Å². The molecule has 1 aromatic rings. The molecule has 0 aliphatic rings. The third-order valence-electron chi connectivity index (χ3n) is 3.70. The van der Waals surface area contributed by atoms with Crippen molar-refractivity contribution in [1.82, 2.24) is 15.2 Å². The standard InChI is InChI=1S/C15H24N4/c1-13(11-15(2,12-16)17-3)19(4)10-8-14-7-5-6-9-18-14/h5-7,9,13,17H,8,10-11H2,1-4H3. The number of nitriles is 1. The molecule has 0 saturated heterocycles. The Kier molecular flexibility index (Phi) is 5.94. The second kappa shape index (κ2) is 7.22. The molecule has 0 saturated carbocycles. The van der Waals surface area contributed by atoms with Crippen LogP contribution < -0.4 is 5.32 Å². The first-order valence-corrected chi connectivity index (χ1v) is 6.71. The van der Waals surface area contributed by atoms with Crippen LogP contribution in [0.1, 0.15) is 26.0 Å². The third-order valence-corrected chi connectivity index (χ3v) is 3.70. The third kappa shape index (κ3) is 4.98. The Balaban J connectivity index is 2.45. The minimum absolute atomic E-state index is 0.348. The molecule has 0 bridgehead atoms. The van der Waals surface area contributed by atoms with Crippen LogP contribution in [0.4, 0.5) is 0 Å². The molecule has 0 spiro atoms. The summed E-state index contributed by atoms with van der Waals surface area (Å²) in [5.74, 6) is 0. The van der Waals surface area contributed by atoms with Crippen LogP contribution >= 0.6 is 0 Å². The number of rotatable bonds is 7. The molecule has 0 aliphatic heterocycles. The lowest BCUT2D eigenvalue weighted by atomic mass is 9.95. The zero-order chi connectivity index (χ0) is 14.3. The van der Waals surface area contributed by atoms with E-state index in [1.54, 1.807) is 0 Å². The lowest BCUT2D eigenvalue weighted by Gasteiger charge is -2.30. The number of likely N-dealkylation sites (N-methyl/N-ethyl adjacent to an activating group) is 1. The Labute approximate surface area is 116 Å². The largest absolute Gasteiger partial charge is 0.303 e. The zero-order valence-electron chi connectivity index (χ0n) is 12.3. The minimum Gasteiger partial charge on any atom is -0.303 e. The van der Waals surface area contributed by atoms with Crippen molar-refractivity contribution in [2.24, 2.45) is 0 Å². The Morgan fingerprint density at radius 3 is 2.79 bits per heavy atom. The number of nitrogens with one attached hydrogen (secondary N) is 1. The summed E-state index contributed by atoms with van der Waals surface area (Å²) in [5, 5.41) is 12.3. The van der Waals surface area contributed by atoms with Crippen LogP contribution in [0.2, 0.25) is 0 Å². The van der Waals surface area contributed by atoms with E-state index in [0.717, 1.165) is 25.1 Å². The van der Waals surface area contributed by atoms with E-state index in [0.29, 0.717) is 6.04 Å². The topological polar surface area (TPSA) is 52.0 Å². The highest BCUT2D eigenvalue weighted by Crippen LogP contribution is 2.14. The molecule has 0 aromatic carbocycles. The molecule has 4 heteroatoms. The van der Waals surface area contributed by atoms with E-state index in [2.05, 4.69) is 35.2 Å². The molecule has 4 nitrogen and oxygen atoms in total. The first kappa shape index (κ1) is 15.6. The summed E-state index contributed by atoms with van der Waals surface area (Å²) in [4.78, 5) is 6.60. The fraction of sp³-hybridized carbons (Fsp3) is 0.600. The van der Waals surface area contributed by atoms with E-state index in [1.165, 1.54) is 0 Å². The zero-order valence-corrected chi connectivity index (χ0v) is 12.3. The molecule has 0 aliphatic carbocycles. The second-order valence-electron chi connectivity index (χ2n) is 5.30. The van der Waals surface area contributed by atoms with Gasteiger partial charge in [-0.15, -0.1) is 0 Å². The first-order chi connectivity index (χ1) is 9.00. The molecular weight excluding hydrogens is 236 g/mol. The molecule has 2 unspecified atom stereocenters. The van der Waals surface area contributed by atoms with Crippen LogP contribution in [0.25, 0.3) is 0 Å². The molecule has 1 rings (SSSR count). The summed E-state index contributed by atoms with van der Waals surface area (Å²) < 4.78 is 0. The van der Waals surface area contributed by atoms with E-state index in [9.17, 15) is 5.26 Å². The quantitative estimate of drug-likeness (QED) is 0.812. The molecule has 0 radical (unpaired) electrons. The van der Waals surface area contributed by atoms with Crippen LogP contribution in [-0.4, -0.2) is 42.1 Å². The number of hydrogen-bond donors (Lipinski definition) is 1. The fourth-order valence-electron chi connectivity index (χ4n) is 2.01. The molecule has 1 aromatic heterocycles. The van der Waals surface area contributed by atoms with Gasteiger partial charge in [0.2, 0.25) is 0 Å². The number of aromatic nitrogens is 1. The molecule has 2 atom stereocenters. The van der Waals surface area contributed by atoms with E-state index in [4.69, 9.17) is 0 Å². The highest BCUT2D eigenvalue weighted by Gasteiger charge is 2.25. The lowest BCUT2D eigenvalue weighted by Crippen LogP contribution is -2.45. The Bertz CT molecular complexity index is 412. The normalized spacial score (nSPS) is 15.8. The van der Waals surface area contributed by atoms with Crippen LogP contribution in [0.5, 0.6) is 0 Å². The summed E-state index contributed by atoms with van der Waals surface area (Å²) in [6, 6.07) is 8.68. The molecule has 1 heterocycles. The van der Waals surface area contributed by atoms with Gasteiger partial charge in [-0.3, -0.25) is 4.98 Å². The Morgan fingerprint density at radius 1 is 1.53 bits per heavy atom. The van der Waals surface area contributed by atoms with Gasteiger partial charge in [-0.05, 0) is 46.5 Å². The number of pyridine rings is 1. The van der Waals surface area contributed by atoms with E-state index >= 15 is 0 Å². The summed E-state index contributed by atoms with van der Waals surface area (Å²) in [6.45, 7) is 5.05. The fourth-order valence-corrected chi connectivity index (χ4v) is 2.01. The highest BCUT2D eigenvalue weighted by atomic mass is 15.1. The van der Waals surface area contributed by atoms with Gasteiger partial charge in [0.1, 0.15) is 5.54 Å². The SMILES string of the molecule is CNC(C)(C#N)CC(C)N(C)CCc1ccccn1. The maximum Gasteiger partial charge on any atom is 0.105 e. The Hall–Kier alpha value is -1.44. The van der Waals surface area contributed by atoms with Gasteiger partial charge < -0.3 is 10.2 Å². The van der Waals surface area contributed by atoms with Gasteiger partial charge in [0.05, 0.1) is 6.07 Å². The summed E-state index contributed by atoms with van der Waals surface area (Å²) in [6.07, 6.45) is 3.57. The summed E-state index contributed by atoms with van der Waals surface area (Å²) >= 11 is 0. The average Bonchev–Trinajstić information content (AvgIpc) is 2.45. The van der Waals surface area contributed by atoms with Crippen molar-refractivity contribution in [3.05, 3.63) is 30.1 Å². The molecule has 0 amide bonds. The van der Waals surface area contributed by atoms with Crippen LogP contribution in [0, 0.1) is 11.3 Å². The van der Waals surface area contributed by atoms with Crippen LogP contribution in [0.15, 0.2) is 24.4 Å². The van der Waals surface area contributed by atoms with Crippen molar-refractivity contribution in [1.29, 1.82) is 5.26 Å². The molecule has 104 valence electrons. The summed E-state index contributed by atoms with van der Waals surface area (Å²) in [7, 11) is 3.94. The highest BCUT2D eigenvalue weighted by molar-refractivity contribution is 5.05. The van der Waals surface area contributed by atoms with Crippen LogP contribution in [0.3, 0.4) is 0 Å².